The molecule has 1 atom stereocenters. The maximum atomic E-state index is 11.9. The number of ether oxygens (including phenoxy) is 1. The normalized spacial score (nSPS) is 13.3. The van der Waals surface area contributed by atoms with Gasteiger partial charge in [-0.1, -0.05) is 24.4 Å². The second kappa shape index (κ2) is 4.59. The Morgan fingerprint density at radius 1 is 1.40 bits per heavy atom. The lowest BCUT2D eigenvalue weighted by Crippen LogP contribution is -2.17. The van der Waals surface area contributed by atoms with Crippen LogP contribution in [0.15, 0.2) is 24.3 Å². The molecule has 0 aliphatic heterocycles. The molecular weight excluding hydrogens is 227 g/mol. The number of hydrogen-bond donors (Lipinski definition) is 1. The van der Waals surface area contributed by atoms with E-state index in [0.717, 1.165) is 0 Å². The van der Waals surface area contributed by atoms with E-state index in [-0.39, 0.29) is 5.75 Å². The standard InChI is InChI=1S/C9H8F3NOS/c10-9(11,12)14-7-3-1-2-6(4-7)8(13)5-15/h1-5,8H,13H2. The molecule has 6 heteroatoms. The zero-order valence-electron chi connectivity index (χ0n) is 7.49. The van der Waals surface area contributed by atoms with Crippen LogP contribution in [-0.4, -0.2) is 11.7 Å². The fourth-order valence-corrected chi connectivity index (χ4v) is 1.15. The zero-order valence-corrected chi connectivity index (χ0v) is 8.31. The van der Waals surface area contributed by atoms with Crippen molar-refractivity contribution in [1.82, 2.24) is 0 Å². The summed E-state index contributed by atoms with van der Waals surface area (Å²) in [6.45, 7) is 0. The highest BCUT2D eigenvalue weighted by atomic mass is 32.1. The summed E-state index contributed by atoms with van der Waals surface area (Å²) in [5.41, 5.74) is 6.01. The van der Waals surface area contributed by atoms with E-state index >= 15 is 0 Å². The molecule has 0 radical (unpaired) electrons. The van der Waals surface area contributed by atoms with Crippen LogP contribution < -0.4 is 10.5 Å². The summed E-state index contributed by atoms with van der Waals surface area (Å²) in [6.07, 6.45) is -4.69. The molecule has 1 aromatic rings. The first-order valence-corrected chi connectivity index (χ1v) is 4.46. The molecule has 0 aromatic heterocycles. The monoisotopic (exact) mass is 235 g/mol. The molecule has 1 rings (SSSR count). The van der Waals surface area contributed by atoms with Crippen LogP contribution in [0.2, 0.25) is 0 Å². The molecule has 1 unspecified atom stereocenters. The summed E-state index contributed by atoms with van der Waals surface area (Å²) >= 11 is 4.60. The van der Waals surface area contributed by atoms with Gasteiger partial charge in [-0.2, -0.15) is 0 Å². The van der Waals surface area contributed by atoms with E-state index in [1.165, 1.54) is 23.6 Å². The van der Waals surface area contributed by atoms with Crippen molar-refractivity contribution in [2.24, 2.45) is 5.73 Å². The molecule has 0 spiro atoms. The molecular formula is C9H8F3NOS. The van der Waals surface area contributed by atoms with E-state index in [4.69, 9.17) is 5.73 Å². The second-order valence-electron chi connectivity index (χ2n) is 2.78. The number of nitrogens with two attached hydrogens (primary N) is 1. The topological polar surface area (TPSA) is 35.2 Å². The maximum Gasteiger partial charge on any atom is 0.573 e. The summed E-state index contributed by atoms with van der Waals surface area (Å²) in [7, 11) is 0. The molecule has 2 nitrogen and oxygen atoms in total. The van der Waals surface area contributed by atoms with Crippen molar-refractivity contribution in [2.75, 3.05) is 0 Å². The van der Waals surface area contributed by atoms with Gasteiger partial charge in [0.2, 0.25) is 0 Å². The predicted molar refractivity (Wildman–Crippen MR) is 53.7 cm³/mol. The van der Waals surface area contributed by atoms with Crippen molar-refractivity contribution in [3.05, 3.63) is 29.8 Å². The highest BCUT2D eigenvalue weighted by molar-refractivity contribution is 7.79. The summed E-state index contributed by atoms with van der Waals surface area (Å²) in [5.74, 6) is -0.299. The zero-order chi connectivity index (χ0) is 11.5. The molecule has 0 heterocycles. The molecule has 82 valence electrons. The van der Waals surface area contributed by atoms with Crippen molar-refractivity contribution in [1.29, 1.82) is 0 Å². The van der Waals surface area contributed by atoms with Crippen LogP contribution in [-0.2, 0) is 0 Å². The van der Waals surface area contributed by atoms with Gasteiger partial charge in [0.15, 0.2) is 0 Å². The third kappa shape index (κ3) is 3.85. The number of benzene rings is 1. The number of alkyl halides is 3. The number of halogens is 3. The van der Waals surface area contributed by atoms with E-state index in [1.807, 2.05) is 0 Å². The van der Waals surface area contributed by atoms with Gasteiger partial charge in [-0.3, -0.25) is 0 Å². The van der Waals surface area contributed by atoms with Crippen LogP contribution >= 0.6 is 12.2 Å². The number of rotatable bonds is 3. The molecule has 0 aliphatic carbocycles. The van der Waals surface area contributed by atoms with Crippen LogP contribution in [0.25, 0.3) is 0 Å². The summed E-state index contributed by atoms with van der Waals surface area (Å²) < 4.78 is 39.4. The Morgan fingerprint density at radius 2 is 2.07 bits per heavy atom. The van der Waals surface area contributed by atoms with E-state index in [1.54, 1.807) is 6.07 Å². The molecule has 0 aliphatic rings. The summed E-state index contributed by atoms with van der Waals surface area (Å²) in [5, 5.41) is 1.27. The molecule has 2 N–H and O–H groups in total. The van der Waals surface area contributed by atoms with Gasteiger partial charge in [0.1, 0.15) is 5.75 Å². The van der Waals surface area contributed by atoms with E-state index < -0.39 is 12.4 Å². The van der Waals surface area contributed by atoms with Crippen LogP contribution in [0.3, 0.4) is 0 Å². The van der Waals surface area contributed by atoms with Gasteiger partial charge in [0.05, 0.1) is 6.04 Å². The fraction of sp³-hybridized carbons (Fsp3) is 0.222. The number of hydrogen-bond acceptors (Lipinski definition) is 3. The van der Waals surface area contributed by atoms with Crippen LogP contribution in [0.4, 0.5) is 13.2 Å². The van der Waals surface area contributed by atoms with Crippen molar-refractivity contribution < 1.29 is 17.9 Å². The minimum Gasteiger partial charge on any atom is -0.406 e. The lowest BCUT2D eigenvalue weighted by Gasteiger charge is -2.11. The van der Waals surface area contributed by atoms with E-state index in [2.05, 4.69) is 17.0 Å². The first kappa shape index (κ1) is 11.9. The van der Waals surface area contributed by atoms with Crippen molar-refractivity contribution in [3.63, 3.8) is 0 Å². The van der Waals surface area contributed by atoms with Crippen molar-refractivity contribution in [2.45, 2.75) is 12.4 Å². The average Bonchev–Trinajstić information content (AvgIpc) is 2.14. The minimum absolute atomic E-state index is 0.299. The lowest BCUT2D eigenvalue weighted by molar-refractivity contribution is -0.274. The van der Waals surface area contributed by atoms with Crippen LogP contribution in [0, 0.1) is 0 Å². The van der Waals surface area contributed by atoms with Gasteiger partial charge in [-0.05, 0) is 17.7 Å². The molecule has 0 fully saturated rings. The smallest absolute Gasteiger partial charge is 0.406 e. The van der Waals surface area contributed by atoms with Crippen LogP contribution in [0.1, 0.15) is 11.6 Å². The molecule has 15 heavy (non-hydrogen) atoms. The second-order valence-corrected chi connectivity index (χ2v) is 3.05. The Morgan fingerprint density at radius 3 is 2.60 bits per heavy atom. The molecule has 0 saturated carbocycles. The van der Waals surface area contributed by atoms with Gasteiger partial charge < -0.3 is 10.5 Å². The first-order valence-electron chi connectivity index (χ1n) is 3.99. The minimum atomic E-state index is -4.69. The Labute approximate surface area is 89.8 Å². The summed E-state index contributed by atoms with van der Waals surface area (Å²) in [6, 6.07) is 4.84. The SMILES string of the molecule is NC(C=S)c1cccc(OC(F)(F)F)c1. The van der Waals surface area contributed by atoms with Gasteiger partial charge in [0, 0.05) is 5.37 Å². The molecule has 0 bridgehead atoms. The largest absolute Gasteiger partial charge is 0.573 e. The Balaban J connectivity index is 2.88. The van der Waals surface area contributed by atoms with E-state index in [0.29, 0.717) is 5.56 Å². The fourth-order valence-electron chi connectivity index (χ4n) is 0.998. The predicted octanol–water partition coefficient (Wildman–Crippen LogP) is 2.58. The highest BCUT2D eigenvalue weighted by Gasteiger charge is 2.31. The number of thiocarbonyl (C=S) groups is 1. The Hall–Kier alpha value is -1.14. The highest BCUT2D eigenvalue weighted by Crippen LogP contribution is 2.24. The quantitative estimate of drug-likeness (QED) is 0.818. The van der Waals surface area contributed by atoms with Crippen molar-refractivity contribution >= 4 is 17.6 Å². The molecule has 0 saturated heterocycles. The lowest BCUT2D eigenvalue weighted by atomic mass is 10.1. The Kier molecular flexibility index (Phi) is 3.65. The van der Waals surface area contributed by atoms with E-state index in [9.17, 15) is 13.2 Å². The third-order valence-corrected chi connectivity index (χ3v) is 1.92. The van der Waals surface area contributed by atoms with Gasteiger partial charge in [0.25, 0.3) is 0 Å². The van der Waals surface area contributed by atoms with Gasteiger partial charge >= 0.3 is 6.36 Å². The molecule has 1 aromatic carbocycles. The molecule has 0 amide bonds. The van der Waals surface area contributed by atoms with Crippen molar-refractivity contribution in [3.8, 4) is 5.75 Å². The van der Waals surface area contributed by atoms with Crippen LogP contribution in [0.5, 0.6) is 5.75 Å². The first-order chi connectivity index (χ1) is 6.92. The summed E-state index contributed by atoms with van der Waals surface area (Å²) in [4.78, 5) is 0. The van der Waals surface area contributed by atoms with Gasteiger partial charge in [-0.15, -0.1) is 13.2 Å². The van der Waals surface area contributed by atoms with Gasteiger partial charge in [-0.25, -0.2) is 0 Å². The average molecular weight is 235 g/mol. The Bertz CT molecular complexity index is 353. The third-order valence-electron chi connectivity index (χ3n) is 1.62. The maximum absolute atomic E-state index is 11.9.